The van der Waals surface area contributed by atoms with Crippen molar-refractivity contribution in [3.05, 3.63) is 34.7 Å². The van der Waals surface area contributed by atoms with Crippen molar-refractivity contribution in [3.63, 3.8) is 0 Å². The maximum Gasteiger partial charge on any atom is 0.251 e. The van der Waals surface area contributed by atoms with E-state index < -0.39 is 5.54 Å². The van der Waals surface area contributed by atoms with Crippen LogP contribution in [0.1, 0.15) is 50.7 Å². The van der Waals surface area contributed by atoms with Crippen LogP contribution in [0, 0.1) is 5.92 Å². The van der Waals surface area contributed by atoms with Crippen LogP contribution in [-0.4, -0.2) is 22.3 Å². The lowest BCUT2D eigenvalue weighted by Gasteiger charge is -2.38. The highest BCUT2D eigenvalue weighted by Gasteiger charge is 2.42. The zero-order valence-corrected chi connectivity index (χ0v) is 17.0. The fourth-order valence-electron chi connectivity index (χ4n) is 4.01. The molecule has 148 valence electrons. The average molecular weight is 400 g/mol. The van der Waals surface area contributed by atoms with E-state index >= 15 is 0 Å². The molecule has 0 unspecified atom stereocenters. The molecule has 2 N–H and O–H groups in total. The molecule has 6 nitrogen and oxygen atoms in total. The molecule has 4 rings (SSSR count). The second-order valence-corrected chi connectivity index (χ2v) is 8.77. The van der Waals surface area contributed by atoms with Crippen LogP contribution in [0.4, 0.5) is 5.13 Å². The van der Waals surface area contributed by atoms with Crippen LogP contribution in [0.25, 0.3) is 11.3 Å². The summed E-state index contributed by atoms with van der Waals surface area (Å²) in [5.41, 5.74) is 3.42. The predicted molar refractivity (Wildman–Crippen MR) is 109 cm³/mol. The average Bonchev–Trinajstić information content (AvgIpc) is 3.31. The largest absolute Gasteiger partial charge is 0.372 e. The van der Waals surface area contributed by atoms with Gasteiger partial charge < -0.3 is 10.1 Å². The van der Waals surface area contributed by atoms with Crippen molar-refractivity contribution < 1.29 is 14.3 Å². The molecule has 2 heterocycles. The molecule has 0 spiro atoms. The molecule has 1 aromatic carbocycles. The highest BCUT2D eigenvalue weighted by Crippen LogP contribution is 2.34. The number of fused-ring (bicyclic) bond motifs is 1. The topological polar surface area (TPSA) is 80.3 Å². The van der Waals surface area contributed by atoms with E-state index in [1.54, 1.807) is 0 Å². The van der Waals surface area contributed by atoms with Gasteiger partial charge in [-0.1, -0.05) is 19.1 Å². The van der Waals surface area contributed by atoms with Gasteiger partial charge in [-0.2, -0.15) is 0 Å². The first-order chi connectivity index (χ1) is 13.4. The minimum atomic E-state index is -0.838. The number of rotatable bonds is 4. The maximum atomic E-state index is 13.1. The molecule has 0 bridgehead atoms. The summed E-state index contributed by atoms with van der Waals surface area (Å²) in [7, 11) is 0. The fraction of sp³-hybridized carbons (Fsp3) is 0.476. The van der Waals surface area contributed by atoms with Crippen LogP contribution in [-0.2, 0) is 27.5 Å². The highest BCUT2D eigenvalue weighted by atomic mass is 32.1. The third-order valence-electron chi connectivity index (χ3n) is 5.72. The number of benzene rings is 1. The number of carbonyl (C=O) groups is 2. The van der Waals surface area contributed by atoms with Gasteiger partial charge in [-0.3, -0.25) is 14.9 Å². The van der Waals surface area contributed by atoms with E-state index in [9.17, 15) is 9.59 Å². The van der Waals surface area contributed by atoms with Gasteiger partial charge in [-0.15, -0.1) is 11.3 Å². The zero-order valence-electron chi connectivity index (χ0n) is 16.2. The van der Waals surface area contributed by atoms with E-state index in [0.29, 0.717) is 37.1 Å². The summed E-state index contributed by atoms with van der Waals surface area (Å²) in [6, 6.07) is 6.21. The number of ether oxygens (including phenoxy) is 1. The Morgan fingerprint density at radius 2 is 1.96 bits per heavy atom. The number of nitrogens with zero attached hydrogens (tertiary/aromatic N) is 1. The molecule has 0 atom stereocenters. The van der Waals surface area contributed by atoms with Crippen molar-refractivity contribution in [1.82, 2.24) is 10.3 Å². The molecule has 1 saturated carbocycles. The molecule has 2 aliphatic rings. The maximum absolute atomic E-state index is 13.1. The summed E-state index contributed by atoms with van der Waals surface area (Å²) in [5, 5.41) is 8.36. The summed E-state index contributed by atoms with van der Waals surface area (Å²) in [6.07, 6.45) is 3.16. The number of nitrogens with one attached hydrogen (secondary N) is 2. The van der Waals surface area contributed by atoms with Crippen molar-refractivity contribution in [2.75, 3.05) is 5.32 Å². The molecule has 2 amide bonds. The van der Waals surface area contributed by atoms with Gasteiger partial charge in [0, 0.05) is 17.9 Å². The first-order valence-electron chi connectivity index (χ1n) is 9.71. The van der Waals surface area contributed by atoms with Gasteiger partial charge in [0.15, 0.2) is 5.13 Å². The van der Waals surface area contributed by atoms with E-state index in [1.807, 2.05) is 11.4 Å². The monoisotopic (exact) mass is 399 g/mol. The predicted octanol–water partition coefficient (Wildman–Crippen LogP) is 3.86. The van der Waals surface area contributed by atoms with Gasteiger partial charge in [0.2, 0.25) is 5.91 Å². The quantitative estimate of drug-likeness (QED) is 0.818. The summed E-state index contributed by atoms with van der Waals surface area (Å²) in [5.74, 6) is 0.229. The molecular weight excluding hydrogens is 374 g/mol. The third-order valence-corrected chi connectivity index (χ3v) is 6.48. The lowest BCUT2D eigenvalue weighted by Crippen LogP contribution is -2.57. The van der Waals surface area contributed by atoms with E-state index in [-0.39, 0.29) is 11.8 Å². The highest BCUT2D eigenvalue weighted by molar-refractivity contribution is 7.14. The second-order valence-electron chi connectivity index (χ2n) is 7.91. The first kappa shape index (κ1) is 19.1. The molecule has 0 radical (unpaired) electrons. The Labute approximate surface area is 168 Å². The second kappa shape index (κ2) is 7.64. The molecule has 7 heteroatoms. The number of amides is 2. The number of hydrogen-bond acceptors (Lipinski definition) is 5. The van der Waals surface area contributed by atoms with E-state index in [1.165, 1.54) is 29.4 Å². The fourth-order valence-corrected chi connectivity index (χ4v) is 4.73. The van der Waals surface area contributed by atoms with Crippen molar-refractivity contribution in [3.8, 4) is 11.3 Å². The van der Waals surface area contributed by atoms with Crippen molar-refractivity contribution >= 4 is 28.3 Å². The van der Waals surface area contributed by atoms with Crippen LogP contribution in [0.5, 0.6) is 0 Å². The SMILES string of the molecule is CC(=O)NC1(C(=O)Nc2nc(-c3ccc4c(c3)COC4)cs2)CCC(C)CC1. The Bertz CT molecular complexity index is 900. The van der Waals surface area contributed by atoms with E-state index in [4.69, 9.17) is 4.74 Å². The minimum absolute atomic E-state index is 0.169. The van der Waals surface area contributed by atoms with Gasteiger partial charge in [0.25, 0.3) is 5.91 Å². The number of carbonyl (C=O) groups excluding carboxylic acids is 2. The Morgan fingerprint density at radius 1 is 1.21 bits per heavy atom. The van der Waals surface area contributed by atoms with Gasteiger partial charge in [-0.25, -0.2) is 4.98 Å². The molecular formula is C21H25N3O3S. The van der Waals surface area contributed by atoms with Crippen LogP contribution in [0.2, 0.25) is 0 Å². The van der Waals surface area contributed by atoms with Crippen LogP contribution in [0.3, 0.4) is 0 Å². The summed E-state index contributed by atoms with van der Waals surface area (Å²) < 4.78 is 5.47. The van der Waals surface area contributed by atoms with Crippen molar-refractivity contribution in [2.45, 2.75) is 58.3 Å². The Hall–Kier alpha value is -2.25. The summed E-state index contributed by atoms with van der Waals surface area (Å²) >= 11 is 1.40. The van der Waals surface area contributed by atoms with Gasteiger partial charge in [0.05, 0.1) is 18.9 Å². The normalized spacial score (nSPS) is 23.9. The molecule has 0 saturated heterocycles. The minimum Gasteiger partial charge on any atom is -0.372 e. The molecule has 1 aliphatic carbocycles. The Balaban J connectivity index is 1.51. The number of hydrogen-bond donors (Lipinski definition) is 2. The number of thiazole rings is 1. The van der Waals surface area contributed by atoms with Crippen LogP contribution in [0.15, 0.2) is 23.6 Å². The molecule has 1 aliphatic heterocycles. The molecule has 1 fully saturated rings. The van der Waals surface area contributed by atoms with Gasteiger partial charge >= 0.3 is 0 Å². The zero-order chi connectivity index (χ0) is 19.7. The lowest BCUT2D eigenvalue weighted by molar-refractivity contribution is -0.131. The number of anilines is 1. The Morgan fingerprint density at radius 3 is 2.71 bits per heavy atom. The van der Waals surface area contributed by atoms with Crippen molar-refractivity contribution in [1.29, 1.82) is 0 Å². The summed E-state index contributed by atoms with van der Waals surface area (Å²) in [6.45, 7) is 4.95. The molecule has 1 aromatic heterocycles. The third kappa shape index (κ3) is 3.82. The smallest absolute Gasteiger partial charge is 0.251 e. The van der Waals surface area contributed by atoms with Crippen LogP contribution < -0.4 is 10.6 Å². The van der Waals surface area contributed by atoms with Gasteiger partial charge in [-0.05, 0) is 48.8 Å². The first-order valence-corrected chi connectivity index (χ1v) is 10.6. The summed E-state index contributed by atoms with van der Waals surface area (Å²) in [4.78, 5) is 29.4. The number of aromatic nitrogens is 1. The lowest BCUT2D eigenvalue weighted by atomic mass is 9.76. The standard InChI is InChI=1S/C21H25N3O3S/c1-13-5-7-21(8-6-13,24-14(2)25)19(26)23-20-22-18(12-28-20)15-3-4-16-10-27-11-17(16)9-15/h3-4,9,12-13H,5-8,10-11H2,1-2H3,(H,24,25)(H,22,23,26). The van der Waals surface area contributed by atoms with E-state index in [2.05, 4.69) is 34.7 Å². The molecule has 28 heavy (non-hydrogen) atoms. The Kier molecular flexibility index (Phi) is 5.21. The van der Waals surface area contributed by atoms with Crippen molar-refractivity contribution in [2.24, 2.45) is 5.92 Å². The van der Waals surface area contributed by atoms with Crippen LogP contribution >= 0.6 is 11.3 Å². The van der Waals surface area contributed by atoms with Gasteiger partial charge in [0.1, 0.15) is 5.54 Å². The van der Waals surface area contributed by atoms with E-state index in [0.717, 1.165) is 24.1 Å². The molecule has 2 aromatic rings.